The minimum Gasteiger partial charge on any atom is -0.282 e. The number of halogens is 1. The van der Waals surface area contributed by atoms with Crippen LogP contribution in [0.4, 0.5) is 5.69 Å². The Morgan fingerprint density at radius 1 is 1.25 bits per heavy atom. The van der Waals surface area contributed by atoms with Crippen LogP contribution in [0.2, 0.25) is 5.02 Å². The van der Waals surface area contributed by atoms with Gasteiger partial charge in [0.05, 0.1) is 21.4 Å². The van der Waals surface area contributed by atoms with Crippen molar-refractivity contribution >= 4 is 37.3 Å². The van der Waals surface area contributed by atoms with Crippen LogP contribution in [0.25, 0.3) is 0 Å². The molecule has 0 aliphatic carbocycles. The maximum Gasteiger partial charge on any atom is 0.238 e. The van der Waals surface area contributed by atoms with Gasteiger partial charge in [-0.15, -0.1) is 0 Å². The zero-order valence-corrected chi connectivity index (χ0v) is 13.5. The molecular formula is C11H17ClN2O4S2. The van der Waals surface area contributed by atoms with E-state index in [2.05, 4.69) is 4.72 Å². The van der Waals surface area contributed by atoms with Gasteiger partial charge in [0, 0.05) is 0 Å². The Bertz CT molecular complexity index is 684. The molecule has 1 rings (SSSR count). The van der Waals surface area contributed by atoms with E-state index in [9.17, 15) is 16.8 Å². The van der Waals surface area contributed by atoms with Crippen LogP contribution in [-0.2, 0) is 20.0 Å². The summed E-state index contributed by atoms with van der Waals surface area (Å²) in [5.41, 5.74) is 0.128. The van der Waals surface area contributed by atoms with Gasteiger partial charge in [0.15, 0.2) is 0 Å². The van der Waals surface area contributed by atoms with Crippen molar-refractivity contribution in [2.75, 3.05) is 10.5 Å². The highest BCUT2D eigenvalue weighted by atomic mass is 35.5. The van der Waals surface area contributed by atoms with Crippen LogP contribution >= 0.6 is 11.6 Å². The van der Waals surface area contributed by atoms with Gasteiger partial charge in [-0.05, 0) is 30.5 Å². The standard InChI is InChI=1S/C11H17ClN2O4S2/c1-8(2)5-6-19(15,16)14-11-4-3-9(7-10(11)12)20(13,17)18/h3-4,7-8,14H,5-6H2,1-2H3,(H2,13,17,18). The maximum atomic E-state index is 11.8. The molecule has 0 amide bonds. The zero-order chi connectivity index (χ0) is 15.6. The van der Waals surface area contributed by atoms with Gasteiger partial charge in [0.1, 0.15) is 0 Å². The molecule has 0 saturated carbocycles. The van der Waals surface area contributed by atoms with Crippen molar-refractivity contribution in [3.8, 4) is 0 Å². The van der Waals surface area contributed by atoms with Crippen molar-refractivity contribution in [1.82, 2.24) is 0 Å². The van der Waals surface area contributed by atoms with E-state index in [4.69, 9.17) is 16.7 Å². The SMILES string of the molecule is CC(C)CCS(=O)(=O)Nc1ccc(S(N)(=O)=O)cc1Cl. The minimum atomic E-state index is -3.87. The fourth-order valence-electron chi connectivity index (χ4n) is 1.36. The molecule has 0 aliphatic heterocycles. The molecule has 0 fully saturated rings. The van der Waals surface area contributed by atoms with E-state index in [-0.39, 0.29) is 27.3 Å². The Morgan fingerprint density at radius 2 is 1.85 bits per heavy atom. The van der Waals surface area contributed by atoms with E-state index in [1.54, 1.807) is 0 Å². The molecule has 0 spiro atoms. The van der Waals surface area contributed by atoms with Crippen LogP contribution in [0.1, 0.15) is 20.3 Å². The molecule has 20 heavy (non-hydrogen) atoms. The van der Waals surface area contributed by atoms with Gasteiger partial charge in [-0.3, -0.25) is 4.72 Å². The number of sulfonamides is 2. The van der Waals surface area contributed by atoms with Crippen LogP contribution in [-0.4, -0.2) is 22.6 Å². The largest absolute Gasteiger partial charge is 0.282 e. The molecule has 1 aromatic rings. The summed E-state index contributed by atoms with van der Waals surface area (Å²) in [5.74, 6) is 0.226. The molecule has 0 saturated heterocycles. The molecule has 1 aromatic carbocycles. The third-order valence-electron chi connectivity index (χ3n) is 2.50. The monoisotopic (exact) mass is 340 g/mol. The summed E-state index contributed by atoms with van der Waals surface area (Å²) in [4.78, 5) is -0.173. The lowest BCUT2D eigenvalue weighted by atomic mass is 10.2. The van der Waals surface area contributed by atoms with Gasteiger partial charge in [-0.1, -0.05) is 25.4 Å². The van der Waals surface area contributed by atoms with Gasteiger partial charge in [0.2, 0.25) is 20.0 Å². The number of anilines is 1. The fourth-order valence-corrected chi connectivity index (χ4v) is 3.65. The smallest absolute Gasteiger partial charge is 0.238 e. The van der Waals surface area contributed by atoms with E-state index in [1.165, 1.54) is 12.1 Å². The number of primary sulfonamides is 1. The summed E-state index contributed by atoms with van der Waals surface area (Å²) in [6.45, 7) is 3.84. The second-order valence-electron chi connectivity index (χ2n) is 4.79. The van der Waals surface area contributed by atoms with Crippen molar-refractivity contribution in [2.45, 2.75) is 25.2 Å². The van der Waals surface area contributed by atoms with Crippen LogP contribution in [0.5, 0.6) is 0 Å². The van der Waals surface area contributed by atoms with E-state index in [1.807, 2.05) is 13.8 Å². The molecule has 9 heteroatoms. The number of hydrogen-bond acceptors (Lipinski definition) is 4. The van der Waals surface area contributed by atoms with Crippen molar-refractivity contribution in [1.29, 1.82) is 0 Å². The molecule has 114 valence electrons. The highest BCUT2D eigenvalue weighted by Gasteiger charge is 2.15. The first-order chi connectivity index (χ1) is 9.01. The van der Waals surface area contributed by atoms with E-state index < -0.39 is 20.0 Å². The van der Waals surface area contributed by atoms with Crippen LogP contribution in [0.15, 0.2) is 23.1 Å². The maximum absolute atomic E-state index is 11.8. The summed E-state index contributed by atoms with van der Waals surface area (Å²) in [5, 5.41) is 4.94. The number of nitrogens with two attached hydrogens (primary N) is 1. The zero-order valence-electron chi connectivity index (χ0n) is 11.1. The van der Waals surface area contributed by atoms with E-state index >= 15 is 0 Å². The van der Waals surface area contributed by atoms with Gasteiger partial charge < -0.3 is 0 Å². The average molecular weight is 341 g/mol. The predicted molar refractivity (Wildman–Crippen MR) is 79.7 cm³/mol. The van der Waals surface area contributed by atoms with Crippen LogP contribution in [0.3, 0.4) is 0 Å². The van der Waals surface area contributed by atoms with Gasteiger partial charge >= 0.3 is 0 Å². The van der Waals surface area contributed by atoms with E-state index in [0.29, 0.717) is 6.42 Å². The Kier molecular flexibility index (Phi) is 5.42. The van der Waals surface area contributed by atoms with Crippen molar-refractivity contribution in [3.63, 3.8) is 0 Å². The van der Waals surface area contributed by atoms with Crippen molar-refractivity contribution in [2.24, 2.45) is 11.1 Å². The fraction of sp³-hybridized carbons (Fsp3) is 0.455. The number of nitrogens with one attached hydrogen (secondary N) is 1. The van der Waals surface area contributed by atoms with Gasteiger partial charge in [-0.2, -0.15) is 0 Å². The molecule has 0 unspecified atom stereocenters. The molecular weight excluding hydrogens is 324 g/mol. The van der Waals surface area contributed by atoms with Crippen molar-refractivity contribution in [3.05, 3.63) is 23.2 Å². The highest BCUT2D eigenvalue weighted by molar-refractivity contribution is 7.92. The number of rotatable bonds is 6. The normalized spacial score (nSPS) is 12.7. The van der Waals surface area contributed by atoms with Crippen molar-refractivity contribution < 1.29 is 16.8 Å². The van der Waals surface area contributed by atoms with E-state index in [0.717, 1.165) is 6.07 Å². The topological polar surface area (TPSA) is 106 Å². The summed E-state index contributed by atoms with van der Waals surface area (Å²) in [6.07, 6.45) is 0.516. The summed E-state index contributed by atoms with van der Waals surface area (Å²) in [7, 11) is -7.38. The average Bonchev–Trinajstić information content (AvgIpc) is 2.28. The quantitative estimate of drug-likeness (QED) is 0.823. The Balaban J connectivity index is 2.94. The summed E-state index contributed by atoms with van der Waals surface area (Å²) >= 11 is 5.86. The van der Waals surface area contributed by atoms with Gasteiger partial charge in [0.25, 0.3) is 0 Å². The third kappa shape index (κ3) is 5.28. The van der Waals surface area contributed by atoms with Crippen LogP contribution < -0.4 is 9.86 Å². The molecule has 0 aliphatic rings. The first-order valence-corrected chi connectivity index (χ1v) is 9.42. The second-order valence-corrected chi connectivity index (χ2v) is 8.60. The Hall–Kier alpha value is -0.830. The molecule has 0 heterocycles. The Labute approximate surface area is 124 Å². The van der Waals surface area contributed by atoms with Gasteiger partial charge in [-0.25, -0.2) is 22.0 Å². The summed E-state index contributed by atoms with van der Waals surface area (Å²) < 4.78 is 48.3. The first-order valence-electron chi connectivity index (χ1n) is 5.84. The summed E-state index contributed by atoms with van der Waals surface area (Å²) in [6, 6.07) is 3.58. The Morgan fingerprint density at radius 3 is 2.30 bits per heavy atom. The lowest BCUT2D eigenvalue weighted by Gasteiger charge is -2.11. The minimum absolute atomic E-state index is 0.0235. The number of benzene rings is 1. The second kappa shape index (κ2) is 6.30. The number of hydrogen-bond donors (Lipinski definition) is 2. The first kappa shape index (κ1) is 17.2. The molecule has 0 aromatic heterocycles. The molecule has 0 radical (unpaired) electrons. The third-order valence-corrected chi connectivity index (χ3v) is 5.03. The molecule has 0 bridgehead atoms. The molecule has 0 atom stereocenters. The highest BCUT2D eigenvalue weighted by Crippen LogP contribution is 2.25. The predicted octanol–water partition coefficient (Wildman–Crippen LogP) is 1.78. The molecule has 6 nitrogen and oxygen atoms in total. The lowest BCUT2D eigenvalue weighted by Crippen LogP contribution is -2.18. The van der Waals surface area contributed by atoms with Crippen LogP contribution in [0, 0.1) is 5.92 Å². The lowest BCUT2D eigenvalue weighted by molar-refractivity contribution is 0.578. The molecule has 3 N–H and O–H groups in total.